The van der Waals surface area contributed by atoms with Crippen molar-refractivity contribution in [2.45, 2.75) is 25.5 Å². The Balaban J connectivity index is 2.86. The number of rotatable bonds is 5. The molecule has 0 radical (unpaired) electrons. The molecule has 0 bridgehead atoms. The van der Waals surface area contributed by atoms with Crippen LogP contribution >= 0.6 is 11.6 Å². The van der Waals surface area contributed by atoms with Crippen LogP contribution in [0.2, 0.25) is 0 Å². The molecule has 4 nitrogen and oxygen atoms in total. The molecule has 80 valence electrons. The van der Waals surface area contributed by atoms with Crippen LogP contribution < -0.4 is 0 Å². The zero-order chi connectivity index (χ0) is 10.6. The van der Waals surface area contributed by atoms with Gasteiger partial charge in [0.05, 0.1) is 18.2 Å². The molecule has 0 aliphatic carbocycles. The van der Waals surface area contributed by atoms with Gasteiger partial charge in [0.25, 0.3) is 6.43 Å². The predicted octanol–water partition coefficient (Wildman–Crippen LogP) is 1.43. The largest absolute Gasteiger partial charge is 0.378 e. The Kier molecular flexibility index (Phi) is 4.21. The monoisotopic (exact) mass is 225 g/mol. The molecule has 0 unspecified atom stereocenters. The van der Waals surface area contributed by atoms with Gasteiger partial charge in [0.15, 0.2) is 0 Å². The maximum absolute atomic E-state index is 12.1. The Hall–Kier alpha value is -0.750. The van der Waals surface area contributed by atoms with Crippen LogP contribution in [0.3, 0.4) is 0 Å². The maximum Gasteiger partial charge on any atom is 0.257 e. The van der Waals surface area contributed by atoms with Gasteiger partial charge in [0.2, 0.25) is 0 Å². The Morgan fingerprint density at radius 3 is 2.79 bits per heavy atom. The van der Waals surface area contributed by atoms with E-state index >= 15 is 0 Å². The zero-order valence-electron chi connectivity index (χ0n) is 7.58. The SMILES string of the molecule is COCc1c(CCl)nnn1CC(F)F. The smallest absolute Gasteiger partial charge is 0.257 e. The number of hydrogen-bond acceptors (Lipinski definition) is 3. The predicted molar refractivity (Wildman–Crippen MR) is 46.3 cm³/mol. The Labute approximate surface area is 84.8 Å². The van der Waals surface area contributed by atoms with E-state index in [-0.39, 0.29) is 12.5 Å². The summed E-state index contributed by atoms with van der Waals surface area (Å²) in [6, 6.07) is 0. The molecule has 0 atom stereocenters. The summed E-state index contributed by atoms with van der Waals surface area (Å²) in [5.41, 5.74) is 0.983. The lowest BCUT2D eigenvalue weighted by atomic mass is 10.3. The maximum atomic E-state index is 12.1. The van der Waals surface area contributed by atoms with Gasteiger partial charge in [-0.2, -0.15) is 0 Å². The van der Waals surface area contributed by atoms with E-state index in [2.05, 4.69) is 10.3 Å². The van der Waals surface area contributed by atoms with Gasteiger partial charge in [-0.1, -0.05) is 5.21 Å². The number of methoxy groups -OCH3 is 1. The van der Waals surface area contributed by atoms with E-state index in [4.69, 9.17) is 16.3 Å². The van der Waals surface area contributed by atoms with Crippen molar-refractivity contribution in [2.24, 2.45) is 0 Å². The second-order valence-electron chi connectivity index (χ2n) is 2.62. The van der Waals surface area contributed by atoms with E-state index in [1.165, 1.54) is 7.11 Å². The van der Waals surface area contributed by atoms with E-state index in [0.29, 0.717) is 11.4 Å². The highest BCUT2D eigenvalue weighted by atomic mass is 35.5. The van der Waals surface area contributed by atoms with Gasteiger partial charge in [-0.3, -0.25) is 0 Å². The lowest BCUT2D eigenvalue weighted by Crippen LogP contribution is -2.12. The van der Waals surface area contributed by atoms with Crippen LogP contribution in [0.15, 0.2) is 0 Å². The molecule has 1 rings (SSSR count). The van der Waals surface area contributed by atoms with E-state index in [0.717, 1.165) is 4.68 Å². The van der Waals surface area contributed by atoms with Crippen molar-refractivity contribution in [1.82, 2.24) is 15.0 Å². The fourth-order valence-corrected chi connectivity index (χ4v) is 1.25. The summed E-state index contributed by atoms with van der Waals surface area (Å²) in [5, 5.41) is 7.24. The molecule has 0 aliphatic heterocycles. The molecule has 1 aromatic heterocycles. The summed E-state index contributed by atoms with van der Waals surface area (Å²) in [6.45, 7) is -0.301. The summed E-state index contributed by atoms with van der Waals surface area (Å²) >= 11 is 5.56. The molecular formula is C7H10ClF2N3O. The van der Waals surface area contributed by atoms with Crippen molar-refractivity contribution in [3.63, 3.8) is 0 Å². The van der Waals surface area contributed by atoms with Gasteiger partial charge in [0.1, 0.15) is 12.2 Å². The fraction of sp³-hybridized carbons (Fsp3) is 0.714. The highest BCUT2D eigenvalue weighted by Gasteiger charge is 2.14. The Morgan fingerprint density at radius 2 is 2.29 bits per heavy atom. The van der Waals surface area contributed by atoms with Crippen LogP contribution in [-0.2, 0) is 23.8 Å². The summed E-state index contributed by atoms with van der Waals surface area (Å²) in [4.78, 5) is 0. The number of ether oxygens (including phenoxy) is 1. The lowest BCUT2D eigenvalue weighted by Gasteiger charge is -2.05. The Morgan fingerprint density at radius 1 is 1.57 bits per heavy atom. The van der Waals surface area contributed by atoms with Gasteiger partial charge in [-0.15, -0.1) is 16.7 Å². The van der Waals surface area contributed by atoms with Crippen LogP contribution in [0.25, 0.3) is 0 Å². The van der Waals surface area contributed by atoms with Crippen LogP contribution in [0.5, 0.6) is 0 Å². The van der Waals surface area contributed by atoms with Gasteiger partial charge >= 0.3 is 0 Å². The van der Waals surface area contributed by atoms with Gasteiger partial charge in [-0.05, 0) is 0 Å². The first-order valence-electron chi connectivity index (χ1n) is 3.93. The first-order chi connectivity index (χ1) is 6.69. The molecule has 0 aliphatic rings. The van der Waals surface area contributed by atoms with Crippen molar-refractivity contribution in [1.29, 1.82) is 0 Å². The molecule has 1 heterocycles. The number of alkyl halides is 3. The second-order valence-corrected chi connectivity index (χ2v) is 2.89. The third-order valence-corrected chi connectivity index (χ3v) is 1.89. The molecule has 0 fully saturated rings. The number of aromatic nitrogens is 3. The average Bonchev–Trinajstić information content (AvgIpc) is 2.48. The molecule has 1 aromatic rings. The van der Waals surface area contributed by atoms with Crippen molar-refractivity contribution in [3.05, 3.63) is 11.4 Å². The fourth-order valence-electron chi connectivity index (χ4n) is 1.04. The number of nitrogens with zero attached hydrogens (tertiary/aromatic N) is 3. The molecule has 0 N–H and O–H groups in total. The molecule has 0 aromatic carbocycles. The lowest BCUT2D eigenvalue weighted by molar-refractivity contribution is 0.113. The van der Waals surface area contributed by atoms with Crippen LogP contribution in [0, 0.1) is 0 Å². The molecule has 0 spiro atoms. The first kappa shape index (κ1) is 11.3. The van der Waals surface area contributed by atoms with Crippen molar-refractivity contribution in [2.75, 3.05) is 7.11 Å². The molecule has 14 heavy (non-hydrogen) atoms. The summed E-state index contributed by atoms with van der Waals surface area (Å²) in [6.07, 6.45) is -2.46. The number of hydrogen-bond donors (Lipinski definition) is 0. The summed E-state index contributed by atoms with van der Waals surface area (Å²) < 4.78 is 30.1. The number of halogens is 3. The highest BCUT2D eigenvalue weighted by molar-refractivity contribution is 6.16. The quantitative estimate of drug-likeness (QED) is 0.712. The van der Waals surface area contributed by atoms with Gasteiger partial charge < -0.3 is 4.74 Å². The first-order valence-corrected chi connectivity index (χ1v) is 4.46. The normalized spacial score (nSPS) is 11.2. The van der Waals surface area contributed by atoms with E-state index in [1.54, 1.807) is 0 Å². The standard InChI is InChI=1S/C7H10ClF2N3O/c1-14-4-6-5(2-8)11-12-13(6)3-7(9)10/h7H,2-4H2,1H3. The molecule has 7 heteroatoms. The van der Waals surface area contributed by atoms with Crippen molar-refractivity contribution < 1.29 is 13.5 Å². The van der Waals surface area contributed by atoms with Crippen molar-refractivity contribution >= 4 is 11.6 Å². The van der Waals surface area contributed by atoms with Gasteiger partial charge in [-0.25, -0.2) is 13.5 Å². The minimum absolute atomic E-state index is 0.141. The van der Waals surface area contributed by atoms with Gasteiger partial charge in [0, 0.05) is 7.11 Å². The van der Waals surface area contributed by atoms with Crippen LogP contribution in [0.4, 0.5) is 8.78 Å². The second kappa shape index (κ2) is 5.21. The summed E-state index contributed by atoms with van der Waals surface area (Å²) in [5.74, 6) is 0.141. The minimum Gasteiger partial charge on any atom is -0.378 e. The van der Waals surface area contributed by atoms with E-state index < -0.39 is 13.0 Å². The highest BCUT2D eigenvalue weighted by Crippen LogP contribution is 2.11. The molecular weight excluding hydrogens is 216 g/mol. The topological polar surface area (TPSA) is 39.9 Å². The minimum atomic E-state index is -2.46. The average molecular weight is 226 g/mol. The molecule has 0 saturated carbocycles. The van der Waals surface area contributed by atoms with Crippen molar-refractivity contribution in [3.8, 4) is 0 Å². The third-order valence-electron chi connectivity index (χ3n) is 1.64. The Bertz CT molecular complexity index is 292. The van der Waals surface area contributed by atoms with E-state index in [1.807, 2.05) is 0 Å². The van der Waals surface area contributed by atoms with E-state index in [9.17, 15) is 8.78 Å². The molecule has 0 saturated heterocycles. The summed E-state index contributed by atoms with van der Waals surface area (Å²) in [7, 11) is 1.47. The zero-order valence-corrected chi connectivity index (χ0v) is 8.34. The van der Waals surface area contributed by atoms with Crippen LogP contribution in [0.1, 0.15) is 11.4 Å². The molecule has 0 amide bonds. The third kappa shape index (κ3) is 2.62. The van der Waals surface area contributed by atoms with Crippen LogP contribution in [-0.4, -0.2) is 28.5 Å².